The lowest BCUT2D eigenvalue weighted by Crippen LogP contribution is -2.25. The summed E-state index contributed by atoms with van der Waals surface area (Å²) in [7, 11) is 0. The largest absolute Gasteiger partial charge is 0.316 e. The minimum atomic E-state index is 0.744. The maximum Gasteiger partial charge on any atom is 0.0260 e. The van der Waals surface area contributed by atoms with E-state index >= 15 is 0 Å². The molecular formula is C18H29NS. The van der Waals surface area contributed by atoms with Gasteiger partial charge in [-0.15, -0.1) is 11.8 Å². The fourth-order valence-electron chi connectivity index (χ4n) is 2.79. The fraction of sp³-hybridized carbons (Fsp3) is 0.667. The van der Waals surface area contributed by atoms with Crippen molar-refractivity contribution in [2.24, 2.45) is 5.92 Å². The third kappa shape index (κ3) is 5.49. The standard InChI is InChI=1S/C18H29NS/c1-15(2)9-5-3-4-8-12-19-14-17-13-16-10-6-7-11-18(16)20-17/h6-7,10-11,15,17,19H,3-5,8-9,12-14H2,1-2H3. The first-order valence-electron chi connectivity index (χ1n) is 8.21. The lowest BCUT2D eigenvalue weighted by molar-refractivity contribution is 0.512. The molecule has 0 bridgehead atoms. The Morgan fingerprint density at radius 1 is 1.15 bits per heavy atom. The molecule has 0 aromatic heterocycles. The van der Waals surface area contributed by atoms with E-state index in [0.29, 0.717) is 0 Å². The Morgan fingerprint density at radius 3 is 2.75 bits per heavy atom. The quantitative estimate of drug-likeness (QED) is 0.649. The summed E-state index contributed by atoms with van der Waals surface area (Å²) in [5.74, 6) is 0.870. The molecule has 0 amide bonds. The third-order valence-electron chi connectivity index (χ3n) is 3.97. The molecule has 0 fully saturated rings. The van der Waals surface area contributed by atoms with Crippen molar-refractivity contribution in [2.45, 2.75) is 62.5 Å². The van der Waals surface area contributed by atoms with Crippen molar-refractivity contribution in [2.75, 3.05) is 13.1 Å². The van der Waals surface area contributed by atoms with E-state index in [0.717, 1.165) is 17.7 Å². The molecule has 1 aromatic carbocycles. The fourth-order valence-corrected chi connectivity index (χ4v) is 4.07. The zero-order chi connectivity index (χ0) is 14.2. The molecule has 2 heteroatoms. The van der Waals surface area contributed by atoms with Gasteiger partial charge in [-0.25, -0.2) is 0 Å². The van der Waals surface area contributed by atoms with E-state index < -0.39 is 0 Å². The number of hydrogen-bond donors (Lipinski definition) is 1. The number of nitrogens with one attached hydrogen (secondary N) is 1. The van der Waals surface area contributed by atoms with E-state index in [2.05, 4.69) is 43.4 Å². The van der Waals surface area contributed by atoms with Crippen LogP contribution in [0.1, 0.15) is 51.5 Å². The summed E-state index contributed by atoms with van der Waals surface area (Å²) >= 11 is 2.05. The molecule has 0 spiro atoms. The van der Waals surface area contributed by atoms with Crippen LogP contribution in [0.4, 0.5) is 0 Å². The van der Waals surface area contributed by atoms with Gasteiger partial charge in [0.1, 0.15) is 0 Å². The highest BCUT2D eigenvalue weighted by atomic mass is 32.2. The Kier molecular flexibility index (Phi) is 6.95. The zero-order valence-electron chi connectivity index (χ0n) is 13.0. The second kappa shape index (κ2) is 8.74. The first-order valence-corrected chi connectivity index (χ1v) is 9.09. The summed E-state index contributed by atoms with van der Waals surface area (Å²) in [4.78, 5) is 1.49. The Balaban J connectivity index is 1.47. The van der Waals surface area contributed by atoms with Crippen LogP contribution in [0.25, 0.3) is 0 Å². The van der Waals surface area contributed by atoms with Gasteiger partial charge in [0, 0.05) is 16.7 Å². The van der Waals surface area contributed by atoms with E-state index in [9.17, 15) is 0 Å². The minimum Gasteiger partial charge on any atom is -0.316 e. The van der Waals surface area contributed by atoms with Gasteiger partial charge in [0.05, 0.1) is 0 Å². The topological polar surface area (TPSA) is 12.0 Å². The van der Waals surface area contributed by atoms with E-state index in [1.165, 1.54) is 55.5 Å². The minimum absolute atomic E-state index is 0.744. The Morgan fingerprint density at radius 2 is 1.95 bits per heavy atom. The van der Waals surface area contributed by atoms with Crippen LogP contribution in [0, 0.1) is 5.92 Å². The molecule has 1 N–H and O–H groups in total. The van der Waals surface area contributed by atoms with E-state index in [4.69, 9.17) is 0 Å². The van der Waals surface area contributed by atoms with Crippen LogP contribution in [-0.2, 0) is 6.42 Å². The predicted octanol–water partition coefficient (Wildman–Crippen LogP) is 4.90. The molecule has 0 aliphatic carbocycles. The molecule has 0 saturated carbocycles. The van der Waals surface area contributed by atoms with Crippen molar-refractivity contribution >= 4 is 11.8 Å². The molecular weight excluding hydrogens is 262 g/mol. The summed E-state index contributed by atoms with van der Waals surface area (Å²) in [5.41, 5.74) is 1.54. The average Bonchev–Trinajstić information content (AvgIpc) is 2.84. The highest BCUT2D eigenvalue weighted by Crippen LogP contribution is 2.36. The molecule has 2 rings (SSSR count). The lowest BCUT2D eigenvalue weighted by Gasteiger charge is -2.10. The molecule has 1 aliphatic heterocycles. The molecule has 0 radical (unpaired) electrons. The summed E-state index contributed by atoms with van der Waals surface area (Å²) < 4.78 is 0. The Hall–Kier alpha value is -0.470. The number of benzene rings is 1. The van der Waals surface area contributed by atoms with Crippen molar-refractivity contribution in [3.8, 4) is 0 Å². The second-order valence-corrected chi connectivity index (χ2v) is 7.69. The van der Waals surface area contributed by atoms with Crippen LogP contribution < -0.4 is 5.32 Å². The molecule has 1 atom stereocenters. The Bertz CT molecular complexity index is 364. The normalized spacial score (nSPS) is 17.6. The summed E-state index contributed by atoms with van der Waals surface area (Å²) in [6.45, 7) is 6.98. The van der Waals surface area contributed by atoms with Crippen LogP contribution in [0.3, 0.4) is 0 Å². The SMILES string of the molecule is CC(C)CCCCCCNCC1Cc2ccccc2S1. The first kappa shape index (κ1) is 15.9. The number of unbranched alkanes of at least 4 members (excludes halogenated alkanes) is 3. The summed E-state index contributed by atoms with van der Waals surface area (Å²) in [5, 5.41) is 4.38. The van der Waals surface area contributed by atoms with Gasteiger partial charge in [-0.2, -0.15) is 0 Å². The lowest BCUT2D eigenvalue weighted by atomic mass is 10.0. The highest BCUT2D eigenvalue weighted by molar-refractivity contribution is 8.00. The number of fused-ring (bicyclic) bond motifs is 1. The average molecular weight is 292 g/mol. The van der Waals surface area contributed by atoms with Crippen molar-refractivity contribution in [3.05, 3.63) is 29.8 Å². The van der Waals surface area contributed by atoms with Gasteiger partial charge in [0.15, 0.2) is 0 Å². The number of thioether (sulfide) groups is 1. The first-order chi connectivity index (χ1) is 9.75. The molecule has 0 saturated heterocycles. The molecule has 1 unspecified atom stereocenters. The van der Waals surface area contributed by atoms with Gasteiger partial charge in [0.25, 0.3) is 0 Å². The van der Waals surface area contributed by atoms with Crippen LogP contribution in [0.5, 0.6) is 0 Å². The highest BCUT2D eigenvalue weighted by Gasteiger charge is 2.20. The molecule has 1 aromatic rings. The molecule has 20 heavy (non-hydrogen) atoms. The monoisotopic (exact) mass is 291 g/mol. The maximum absolute atomic E-state index is 3.64. The van der Waals surface area contributed by atoms with Crippen molar-refractivity contribution in [3.63, 3.8) is 0 Å². The smallest absolute Gasteiger partial charge is 0.0260 e. The summed E-state index contributed by atoms with van der Waals surface area (Å²) in [6, 6.07) is 8.84. The molecule has 112 valence electrons. The second-order valence-electron chi connectivity index (χ2n) is 6.35. The van der Waals surface area contributed by atoms with E-state index in [1.54, 1.807) is 0 Å². The molecule has 1 heterocycles. The molecule has 1 nitrogen and oxygen atoms in total. The van der Waals surface area contributed by atoms with Crippen LogP contribution >= 0.6 is 11.8 Å². The summed E-state index contributed by atoms with van der Waals surface area (Å²) in [6.07, 6.45) is 8.17. The van der Waals surface area contributed by atoms with E-state index in [-0.39, 0.29) is 0 Å². The van der Waals surface area contributed by atoms with Crippen molar-refractivity contribution < 1.29 is 0 Å². The number of rotatable bonds is 9. The van der Waals surface area contributed by atoms with Gasteiger partial charge in [-0.3, -0.25) is 0 Å². The zero-order valence-corrected chi connectivity index (χ0v) is 13.8. The van der Waals surface area contributed by atoms with Crippen LogP contribution in [0.15, 0.2) is 29.2 Å². The van der Waals surface area contributed by atoms with Gasteiger partial charge in [-0.1, -0.05) is 57.7 Å². The van der Waals surface area contributed by atoms with Crippen LogP contribution in [0.2, 0.25) is 0 Å². The van der Waals surface area contributed by atoms with E-state index in [1.807, 2.05) is 11.8 Å². The van der Waals surface area contributed by atoms with Gasteiger partial charge in [-0.05, 0) is 36.9 Å². The number of hydrogen-bond acceptors (Lipinski definition) is 2. The molecule has 1 aliphatic rings. The van der Waals surface area contributed by atoms with Gasteiger partial charge < -0.3 is 5.32 Å². The van der Waals surface area contributed by atoms with Crippen LogP contribution in [-0.4, -0.2) is 18.3 Å². The van der Waals surface area contributed by atoms with Crippen molar-refractivity contribution in [1.82, 2.24) is 5.32 Å². The van der Waals surface area contributed by atoms with Crippen molar-refractivity contribution in [1.29, 1.82) is 0 Å². The Labute approximate surface area is 128 Å². The predicted molar refractivity (Wildman–Crippen MR) is 90.6 cm³/mol. The van der Waals surface area contributed by atoms with Gasteiger partial charge >= 0.3 is 0 Å². The maximum atomic E-state index is 3.64. The third-order valence-corrected chi connectivity index (χ3v) is 5.29. The van der Waals surface area contributed by atoms with Gasteiger partial charge in [0.2, 0.25) is 0 Å².